The number of halogens is 1. The fourth-order valence-corrected chi connectivity index (χ4v) is 2.57. The fourth-order valence-electron chi connectivity index (χ4n) is 2.30. The molecule has 1 aromatic rings. The van der Waals surface area contributed by atoms with E-state index in [-0.39, 0.29) is 12.0 Å². The topological polar surface area (TPSA) is 52.8 Å². The Morgan fingerprint density at radius 3 is 2.76 bits per heavy atom. The number of aryl methyl sites for hydroxylation is 1. The Kier molecular flexibility index (Phi) is 5.17. The smallest absolute Gasteiger partial charge is 0.194 e. The Hall–Kier alpha value is -1.20. The Balaban J connectivity index is 2.02. The van der Waals surface area contributed by atoms with Gasteiger partial charge in [-0.1, -0.05) is 11.6 Å². The molecule has 0 saturated heterocycles. The molecule has 21 heavy (non-hydrogen) atoms. The van der Waals surface area contributed by atoms with Crippen LogP contribution < -0.4 is 5.32 Å². The van der Waals surface area contributed by atoms with Crippen LogP contribution in [0.1, 0.15) is 25.5 Å². The number of aliphatic hydroxyl groups is 1. The van der Waals surface area contributed by atoms with Crippen molar-refractivity contribution in [1.29, 1.82) is 0 Å². The van der Waals surface area contributed by atoms with Gasteiger partial charge in [-0.2, -0.15) is 0 Å². The highest BCUT2D eigenvalue weighted by Gasteiger charge is 2.41. The molecule has 6 heteroatoms. The molecule has 2 rings (SSSR count). The van der Waals surface area contributed by atoms with Crippen LogP contribution in [0.4, 0.5) is 0 Å². The second-order valence-corrected chi connectivity index (χ2v) is 6.38. The summed E-state index contributed by atoms with van der Waals surface area (Å²) in [7, 11) is 4.00. The summed E-state index contributed by atoms with van der Waals surface area (Å²) in [6, 6.07) is 1.97. The van der Waals surface area contributed by atoms with E-state index in [1.807, 2.05) is 30.9 Å². The molecule has 5 nitrogen and oxygen atoms in total. The molecule has 1 aliphatic rings. The monoisotopic (exact) mass is 312 g/mol. The van der Waals surface area contributed by atoms with Crippen LogP contribution in [-0.2, 0) is 13.6 Å². The number of hydrogen-bond acceptors (Lipinski definition) is 2. The molecule has 0 aromatic carbocycles. The van der Waals surface area contributed by atoms with Crippen LogP contribution in [0.25, 0.3) is 0 Å². The van der Waals surface area contributed by atoms with Crippen LogP contribution in [-0.4, -0.2) is 47.3 Å². The fraction of sp³-hybridized carbons (Fsp3) is 0.667. The lowest BCUT2D eigenvalue weighted by Crippen LogP contribution is -2.39. The predicted octanol–water partition coefficient (Wildman–Crippen LogP) is 1.85. The van der Waals surface area contributed by atoms with Crippen molar-refractivity contribution in [1.82, 2.24) is 14.8 Å². The molecule has 1 saturated carbocycles. The summed E-state index contributed by atoms with van der Waals surface area (Å²) in [5, 5.41) is 13.4. The van der Waals surface area contributed by atoms with Gasteiger partial charge in [0.25, 0.3) is 0 Å². The molecule has 0 radical (unpaired) electrons. The Bertz CT molecular complexity index is 508. The highest BCUT2D eigenvalue weighted by Crippen LogP contribution is 2.45. The van der Waals surface area contributed by atoms with Crippen molar-refractivity contribution in [2.24, 2.45) is 17.5 Å². The summed E-state index contributed by atoms with van der Waals surface area (Å²) in [4.78, 5) is 6.77. The van der Waals surface area contributed by atoms with E-state index in [1.54, 1.807) is 0 Å². The summed E-state index contributed by atoms with van der Waals surface area (Å²) in [6.45, 7) is 4.53. The summed E-state index contributed by atoms with van der Waals surface area (Å²) >= 11 is 6.02. The van der Waals surface area contributed by atoms with Gasteiger partial charge in [0.05, 0.1) is 24.7 Å². The van der Waals surface area contributed by atoms with Crippen molar-refractivity contribution in [3.05, 3.63) is 23.0 Å². The number of aliphatic hydroxyl groups excluding tert-OH is 1. The van der Waals surface area contributed by atoms with Gasteiger partial charge in [-0.3, -0.25) is 4.99 Å². The average molecular weight is 313 g/mol. The van der Waals surface area contributed by atoms with E-state index in [1.165, 1.54) is 0 Å². The van der Waals surface area contributed by atoms with Gasteiger partial charge in [0, 0.05) is 37.9 Å². The van der Waals surface area contributed by atoms with E-state index in [0.29, 0.717) is 6.54 Å². The summed E-state index contributed by atoms with van der Waals surface area (Å²) in [5.74, 6) is 0.870. The third kappa shape index (κ3) is 4.14. The minimum Gasteiger partial charge on any atom is -0.396 e. The first-order valence-electron chi connectivity index (χ1n) is 7.41. The molecule has 2 N–H and O–H groups in total. The van der Waals surface area contributed by atoms with Crippen molar-refractivity contribution in [2.45, 2.75) is 26.3 Å². The maximum Gasteiger partial charge on any atom is 0.194 e. The van der Waals surface area contributed by atoms with E-state index in [4.69, 9.17) is 11.6 Å². The first kappa shape index (κ1) is 16.2. The van der Waals surface area contributed by atoms with Gasteiger partial charge in [0.2, 0.25) is 0 Å². The van der Waals surface area contributed by atoms with Crippen molar-refractivity contribution in [3.8, 4) is 0 Å². The lowest BCUT2D eigenvalue weighted by molar-refractivity contribution is 0.216. The average Bonchev–Trinajstić information content (AvgIpc) is 3.16. The molecule has 118 valence electrons. The molecule has 1 aromatic heterocycles. The Morgan fingerprint density at radius 1 is 1.57 bits per heavy atom. The van der Waals surface area contributed by atoms with Crippen LogP contribution in [0.5, 0.6) is 0 Å². The van der Waals surface area contributed by atoms with Crippen molar-refractivity contribution in [3.63, 3.8) is 0 Å². The van der Waals surface area contributed by atoms with Crippen LogP contribution in [0.15, 0.2) is 17.3 Å². The second-order valence-electron chi connectivity index (χ2n) is 5.94. The Labute approximate surface area is 131 Å². The minimum atomic E-state index is 0.0375. The van der Waals surface area contributed by atoms with Gasteiger partial charge < -0.3 is 19.9 Å². The second kappa shape index (κ2) is 6.71. The van der Waals surface area contributed by atoms with E-state index < -0.39 is 0 Å². The number of guanidine groups is 1. The summed E-state index contributed by atoms with van der Waals surface area (Å²) in [5.41, 5.74) is 1.17. The van der Waals surface area contributed by atoms with Gasteiger partial charge >= 0.3 is 0 Å². The summed E-state index contributed by atoms with van der Waals surface area (Å²) < 4.78 is 2.03. The number of aromatic nitrogens is 1. The number of nitrogens with one attached hydrogen (secondary N) is 1. The van der Waals surface area contributed by atoms with Gasteiger partial charge in [-0.25, -0.2) is 0 Å². The highest BCUT2D eigenvalue weighted by atomic mass is 35.5. The molecule has 0 bridgehead atoms. The van der Waals surface area contributed by atoms with Crippen molar-refractivity contribution < 1.29 is 5.11 Å². The molecule has 1 aliphatic carbocycles. The minimum absolute atomic E-state index is 0.0375. The largest absolute Gasteiger partial charge is 0.396 e. The lowest BCUT2D eigenvalue weighted by atomic mass is 10.1. The number of nitrogens with zero attached hydrogens (tertiary/aromatic N) is 3. The van der Waals surface area contributed by atoms with E-state index in [0.717, 1.165) is 42.6 Å². The standard InChI is InChI=1S/C15H25ClN4O/c1-4-17-14(18-10-15(11-21)5-6-15)20(3)9-13-7-12(16)8-19(13)2/h7-8,21H,4-6,9-11H2,1-3H3,(H,17,18). The van der Waals surface area contributed by atoms with Gasteiger partial charge in [-0.15, -0.1) is 0 Å². The molecule has 1 heterocycles. The lowest BCUT2D eigenvalue weighted by Gasteiger charge is -2.23. The zero-order valence-corrected chi connectivity index (χ0v) is 13.8. The Morgan fingerprint density at radius 2 is 2.29 bits per heavy atom. The van der Waals surface area contributed by atoms with E-state index in [9.17, 15) is 5.11 Å². The van der Waals surface area contributed by atoms with Gasteiger partial charge in [-0.05, 0) is 25.8 Å². The molecule has 1 fully saturated rings. The highest BCUT2D eigenvalue weighted by molar-refractivity contribution is 6.30. The number of hydrogen-bond donors (Lipinski definition) is 2. The maximum atomic E-state index is 9.39. The van der Waals surface area contributed by atoms with Crippen LogP contribution in [0.2, 0.25) is 5.02 Å². The summed E-state index contributed by atoms with van der Waals surface area (Å²) in [6.07, 6.45) is 4.05. The van der Waals surface area contributed by atoms with Crippen LogP contribution in [0, 0.1) is 5.41 Å². The molecule has 0 amide bonds. The third-order valence-corrected chi connectivity index (χ3v) is 4.23. The molecule has 0 aliphatic heterocycles. The zero-order chi connectivity index (χ0) is 15.5. The number of aliphatic imine (C=N–C) groups is 1. The molecular weight excluding hydrogens is 288 g/mol. The third-order valence-electron chi connectivity index (χ3n) is 4.03. The van der Waals surface area contributed by atoms with Crippen LogP contribution in [0.3, 0.4) is 0 Å². The predicted molar refractivity (Wildman–Crippen MR) is 86.6 cm³/mol. The molecule has 0 spiro atoms. The normalized spacial score (nSPS) is 16.9. The molecular formula is C15H25ClN4O. The zero-order valence-electron chi connectivity index (χ0n) is 13.1. The van der Waals surface area contributed by atoms with Gasteiger partial charge in [0.15, 0.2) is 5.96 Å². The van der Waals surface area contributed by atoms with E-state index in [2.05, 4.69) is 22.1 Å². The number of rotatable bonds is 6. The molecule has 0 atom stereocenters. The molecule has 0 unspecified atom stereocenters. The quantitative estimate of drug-likeness (QED) is 0.622. The first-order chi connectivity index (χ1) is 9.99. The first-order valence-corrected chi connectivity index (χ1v) is 7.78. The van der Waals surface area contributed by atoms with Crippen molar-refractivity contribution in [2.75, 3.05) is 26.7 Å². The van der Waals surface area contributed by atoms with Gasteiger partial charge in [0.1, 0.15) is 0 Å². The van der Waals surface area contributed by atoms with E-state index >= 15 is 0 Å². The van der Waals surface area contributed by atoms with Crippen LogP contribution >= 0.6 is 11.6 Å². The van der Waals surface area contributed by atoms with Crippen molar-refractivity contribution >= 4 is 17.6 Å². The maximum absolute atomic E-state index is 9.39. The SMILES string of the molecule is CCNC(=NCC1(CO)CC1)N(C)Cc1cc(Cl)cn1C.